The summed E-state index contributed by atoms with van der Waals surface area (Å²) in [5.41, 5.74) is 9.40. The standard InChI is InChI=1S/C18H18N4O3S2/c1-10-5-13(14(23)8-26-18-21-20-17(19)27-18)11(2)22(10)7-12-3-4-15-16(6-12)25-9-24-15/h3-6H,7-9H2,1-2H3,(H2,19,20). The largest absolute Gasteiger partial charge is 0.454 e. The summed E-state index contributed by atoms with van der Waals surface area (Å²) in [4.78, 5) is 12.7. The molecule has 0 atom stereocenters. The number of carbonyl (C=O) groups is 1. The number of carbonyl (C=O) groups excluding carboxylic acids is 1. The maximum atomic E-state index is 12.7. The molecule has 0 saturated carbocycles. The van der Waals surface area contributed by atoms with Gasteiger partial charge in [0.15, 0.2) is 21.6 Å². The summed E-state index contributed by atoms with van der Waals surface area (Å²) >= 11 is 2.65. The third-order valence-corrected chi connectivity index (χ3v) is 6.29. The van der Waals surface area contributed by atoms with E-state index in [4.69, 9.17) is 15.2 Å². The van der Waals surface area contributed by atoms with Crippen molar-refractivity contribution in [2.45, 2.75) is 24.7 Å². The SMILES string of the molecule is Cc1cc(C(=O)CSc2nnc(N)s2)c(C)n1Cc1ccc2c(c1)OCO2. The van der Waals surface area contributed by atoms with E-state index in [1.807, 2.05) is 38.1 Å². The third kappa shape index (κ3) is 3.65. The summed E-state index contributed by atoms with van der Waals surface area (Å²) in [7, 11) is 0. The number of nitrogen functional groups attached to an aromatic ring is 1. The van der Waals surface area contributed by atoms with Crippen LogP contribution < -0.4 is 15.2 Å². The van der Waals surface area contributed by atoms with Crippen molar-refractivity contribution in [3.8, 4) is 11.5 Å². The molecule has 9 heteroatoms. The monoisotopic (exact) mass is 402 g/mol. The minimum Gasteiger partial charge on any atom is -0.454 e. The van der Waals surface area contributed by atoms with Gasteiger partial charge in [-0.05, 0) is 37.6 Å². The molecule has 140 valence electrons. The molecule has 0 amide bonds. The number of hydrogen-bond acceptors (Lipinski definition) is 8. The van der Waals surface area contributed by atoms with E-state index in [-0.39, 0.29) is 12.6 Å². The number of rotatable bonds is 6. The maximum absolute atomic E-state index is 12.7. The van der Waals surface area contributed by atoms with Crippen molar-refractivity contribution < 1.29 is 14.3 Å². The molecule has 0 saturated heterocycles. The normalized spacial score (nSPS) is 12.5. The van der Waals surface area contributed by atoms with Crippen molar-refractivity contribution in [3.05, 3.63) is 46.8 Å². The van der Waals surface area contributed by atoms with Gasteiger partial charge in [-0.3, -0.25) is 4.79 Å². The average Bonchev–Trinajstić information content (AvgIpc) is 3.35. The Morgan fingerprint density at radius 2 is 2.07 bits per heavy atom. The summed E-state index contributed by atoms with van der Waals surface area (Å²) in [6.07, 6.45) is 0. The number of fused-ring (bicyclic) bond motifs is 1. The van der Waals surface area contributed by atoms with E-state index in [1.165, 1.54) is 23.1 Å². The van der Waals surface area contributed by atoms with Gasteiger partial charge in [0.2, 0.25) is 11.9 Å². The molecular formula is C18H18N4O3S2. The number of nitrogens with zero attached hydrogens (tertiary/aromatic N) is 3. The van der Waals surface area contributed by atoms with E-state index in [9.17, 15) is 4.79 Å². The fraction of sp³-hybridized carbons (Fsp3) is 0.278. The number of benzene rings is 1. The number of aromatic nitrogens is 3. The van der Waals surface area contributed by atoms with Crippen molar-refractivity contribution in [1.29, 1.82) is 0 Å². The first-order valence-corrected chi connectivity index (χ1v) is 10.1. The Bertz CT molecular complexity index is 1010. The first kappa shape index (κ1) is 17.9. The number of hydrogen-bond donors (Lipinski definition) is 1. The molecule has 0 radical (unpaired) electrons. The van der Waals surface area contributed by atoms with E-state index < -0.39 is 0 Å². The molecule has 0 aliphatic carbocycles. The van der Waals surface area contributed by atoms with Crippen LogP contribution in [0.1, 0.15) is 27.3 Å². The minimum atomic E-state index is 0.0683. The van der Waals surface area contributed by atoms with E-state index in [2.05, 4.69) is 14.8 Å². The molecule has 1 aromatic carbocycles. The van der Waals surface area contributed by atoms with Crippen LogP contribution in [0.4, 0.5) is 5.13 Å². The van der Waals surface area contributed by atoms with E-state index in [0.717, 1.165) is 34.0 Å². The number of nitrogens with two attached hydrogens (primary N) is 1. The van der Waals surface area contributed by atoms with Crippen molar-refractivity contribution in [1.82, 2.24) is 14.8 Å². The molecule has 1 aliphatic rings. The Morgan fingerprint density at radius 3 is 2.85 bits per heavy atom. The van der Waals surface area contributed by atoms with Gasteiger partial charge in [0.05, 0.1) is 5.75 Å². The van der Waals surface area contributed by atoms with Crippen LogP contribution in [0.3, 0.4) is 0 Å². The van der Waals surface area contributed by atoms with Crippen molar-refractivity contribution in [2.75, 3.05) is 18.3 Å². The van der Waals surface area contributed by atoms with Gasteiger partial charge in [0.25, 0.3) is 0 Å². The molecule has 2 N–H and O–H groups in total. The molecule has 3 heterocycles. The van der Waals surface area contributed by atoms with Crippen LogP contribution in [0.2, 0.25) is 0 Å². The van der Waals surface area contributed by atoms with Gasteiger partial charge in [-0.1, -0.05) is 29.2 Å². The summed E-state index contributed by atoms with van der Waals surface area (Å²) in [5.74, 6) is 1.91. The van der Waals surface area contributed by atoms with Crippen molar-refractivity contribution in [2.24, 2.45) is 0 Å². The average molecular weight is 403 g/mol. The highest BCUT2D eigenvalue weighted by Crippen LogP contribution is 2.33. The maximum Gasteiger partial charge on any atom is 0.231 e. The third-order valence-electron chi connectivity index (χ3n) is 4.40. The second-order valence-electron chi connectivity index (χ2n) is 6.18. The molecule has 7 nitrogen and oxygen atoms in total. The minimum absolute atomic E-state index is 0.0683. The van der Waals surface area contributed by atoms with Crippen LogP contribution in [0, 0.1) is 13.8 Å². The zero-order valence-corrected chi connectivity index (χ0v) is 16.5. The lowest BCUT2D eigenvalue weighted by atomic mass is 10.1. The molecule has 3 aromatic rings. The predicted octanol–water partition coefficient (Wildman–Crippen LogP) is 3.29. The van der Waals surface area contributed by atoms with Crippen LogP contribution in [0.5, 0.6) is 11.5 Å². The molecule has 0 spiro atoms. The van der Waals surface area contributed by atoms with Gasteiger partial charge in [0.1, 0.15) is 0 Å². The second kappa shape index (κ2) is 7.24. The zero-order valence-electron chi connectivity index (χ0n) is 14.9. The smallest absolute Gasteiger partial charge is 0.231 e. The molecule has 0 unspecified atom stereocenters. The number of aryl methyl sites for hydroxylation is 1. The molecule has 0 fully saturated rings. The van der Waals surface area contributed by atoms with Gasteiger partial charge in [-0.25, -0.2) is 0 Å². The molecule has 2 aromatic heterocycles. The highest BCUT2D eigenvalue weighted by atomic mass is 32.2. The van der Waals surface area contributed by atoms with Crippen LogP contribution in [0.25, 0.3) is 0 Å². The summed E-state index contributed by atoms with van der Waals surface area (Å²) < 4.78 is 13.6. The number of thioether (sulfide) groups is 1. The first-order valence-electron chi connectivity index (χ1n) is 8.31. The molecular weight excluding hydrogens is 384 g/mol. The second-order valence-corrected chi connectivity index (χ2v) is 8.41. The summed E-state index contributed by atoms with van der Waals surface area (Å²) in [6.45, 7) is 4.91. The fourth-order valence-electron chi connectivity index (χ4n) is 3.03. The predicted molar refractivity (Wildman–Crippen MR) is 105 cm³/mol. The van der Waals surface area contributed by atoms with Gasteiger partial charge >= 0.3 is 0 Å². The highest BCUT2D eigenvalue weighted by Gasteiger charge is 2.18. The van der Waals surface area contributed by atoms with Gasteiger partial charge in [0, 0.05) is 23.5 Å². The zero-order chi connectivity index (χ0) is 19.0. The molecule has 1 aliphatic heterocycles. The Balaban J connectivity index is 1.50. The van der Waals surface area contributed by atoms with Gasteiger partial charge < -0.3 is 19.8 Å². The van der Waals surface area contributed by atoms with E-state index in [1.54, 1.807) is 0 Å². The van der Waals surface area contributed by atoms with E-state index in [0.29, 0.717) is 21.8 Å². The van der Waals surface area contributed by atoms with E-state index >= 15 is 0 Å². The topological polar surface area (TPSA) is 92.3 Å². The van der Waals surface area contributed by atoms with Crippen molar-refractivity contribution in [3.63, 3.8) is 0 Å². The lowest BCUT2D eigenvalue weighted by Gasteiger charge is -2.10. The molecule has 27 heavy (non-hydrogen) atoms. The molecule has 4 rings (SSSR count). The van der Waals surface area contributed by atoms with Crippen LogP contribution in [0.15, 0.2) is 28.6 Å². The van der Waals surface area contributed by atoms with Crippen LogP contribution >= 0.6 is 23.1 Å². The lowest BCUT2D eigenvalue weighted by molar-refractivity contribution is 0.102. The lowest BCUT2D eigenvalue weighted by Crippen LogP contribution is -2.07. The Labute approximate surface area is 164 Å². The number of Topliss-reactive ketones (excluding diaryl/α,β-unsaturated/α-hetero) is 1. The number of anilines is 1. The Hall–Kier alpha value is -2.52. The Morgan fingerprint density at radius 1 is 1.26 bits per heavy atom. The van der Waals surface area contributed by atoms with Gasteiger partial charge in [-0.15, -0.1) is 10.2 Å². The number of ketones is 1. The van der Waals surface area contributed by atoms with Crippen molar-refractivity contribution >= 4 is 34.0 Å². The summed E-state index contributed by atoms with van der Waals surface area (Å²) in [6, 6.07) is 7.87. The first-order chi connectivity index (χ1) is 13.0. The van der Waals surface area contributed by atoms with Crippen LogP contribution in [-0.4, -0.2) is 33.1 Å². The van der Waals surface area contributed by atoms with Gasteiger partial charge in [-0.2, -0.15) is 0 Å². The summed E-state index contributed by atoms with van der Waals surface area (Å²) in [5, 5.41) is 8.11. The van der Waals surface area contributed by atoms with Crippen LogP contribution in [-0.2, 0) is 6.54 Å². The highest BCUT2D eigenvalue weighted by molar-refractivity contribution is 8.01. The quantitative estimate of drug-likeness (QED) is 0.499. The fourth-order valence-corrected chi connectivity index (χ4v) is 4.55. The number of ether oxygens (including phenoxy) is 2. The molecule has 0 bridgehead atoms. The Kier molecular flexibility index (Phi) is 4.79.